The number of amides is 1. The van der Waals surface area contributed by atoms with Gasteiger partial charge in [0.1, 0.15) is 10.2 Å². The topological polar surface area (TPSA) is 64.1 Å². The fourth-order valence-electron chi connectivity index (χ4n) is 1.58. The van der Waals surface area contributed by atoms with Gasteiger partial charge in [0.05, 0.1) is 12.4 Å². The minimum absolute atomic E-state index is 0.165. The van der Waals surface area contributed by atoms with Crippen LogP contribution in [0.25, 0.3) is 0 Å². The Morgan fingerprint density at radius 1 is 1.56 bits per heavy atom. The molecule has 86 valence electrons. The minimum Gasteiger partial charge on any atom is -0.365 e. The van der Waals surface area contributed by atoms with Gasteiger partial charge in [0.2, 0.25) is 0 Å². The number of halogens is 1. The van der Waals surface area contributed by atoms with E-state index in [2.05, 4.69) is 31.2 Å². The molecule has 0 spiro atoms. The maximum atomic E-state index is 11.9. The van der Waals surface area contributed by atoms with Crippen LogP contribution in [-0.4, -0.2) is 28.1 Å². The molecule has 1 aromatic heterocycles. The number of rotatable bonds is 2. The number of hydrogen-bond acceptors (Lipinski definition) is 4. The van der Waals surface area contributed by atoms with E-state index in [4.69, 9.17) is 4.74 Å². The van der Waals surface area contributed by atoms with Crippen LogP contribution in [-0.2, 0) is 9.53 Å². The van der Waals surface area contributed by atoms with Crippen molar-refractivity contribution in [2.45, 2.75) is 25.4 Å². The molecule has 0 aliphatic carbocycles. The Morgan fingerprint density at radius 2 is 2.38 bits per heavy atom. The van der Waals surface area contributed by atoms with Crippen LogP contribution in [0.2, 0.25) is 0 Å². The van der Waals surface area contributed by atoms with Crippen LogP contribution in [0, 0.1) is 0 Å². The Kier molecular flexibility index (Phi) is 3.20. The Morgan fingerprint density at radius 3 is 2.94 bits per heavy atom. The Bertz CT molecular complexity index is 388. The lowest BCUT2D eigenvalue weighted by Crippen LogP contribution is -2.39. The zero-order valence-electron chi connectivity index (χ0n) is 8.86. The predicted octanol–water partition coefficient (Wildman–Crippen LogP) is 1.75. The highest BCUT2D eigenvalue weighted by molar-refractivity contribution is 9.10. The minimum atomic E-state index is -0.727. The zero-order valence-corrected chi connectivity index (χ0v) is 10.5. The van der Waals surface area contributed by atoms with Gasteiger partial charge in [-0.05, 0) is 35.7 Å². The van der Waals surface area contributed by atoms with Gasteiger partial charge in [0, 0.05) is 6.61 Å². The SMILES string of the molecule is CC1(C(=O)Nc2cnc(Br)cn2)CCCO1. The Hall–Kier alpha value is -1.01. The number of carbonyl (C=O) groups excluding carboxylic acids is 1. The largest absolute Gasteiger partial charge is 0.365 e. The van der Waals surface area contributed by atoms with Gasteiger partial charge in [0.15, 0.2) is 5.82 Å². The quantitative estimate of drug-likeness (QED) is 0.899. The monoisotopic (exact) mass is 285 g/mol. The second kappa shape index (κ2) is 4.47. The van der Waals surface area contributed by atoms with Crippen molar-refractivity contribution >= 4 is 27.7 Å². The van der Waals surface area contributed by atoms with Crippen molar-refractivity contribution in [3.63, 3.8) is 0 Å². The van der Waals surface area contributed by atoms with Crippen molar-refractivity contribution in [3.8, 4) is 0 Å². The van der Waals surface area contributed by atoms with E-state index in [0.717, 1.165) is 12.8 Å². The maximum absolute atomic E-state index is 11.9. The van der Waals surface area contributed by atoms with Gasteiger partial charge in [-0.15, -0.1) is 0 Å². The molecular formula is C10H12BrN3O2. The Labute approximate surface area is 102 Å². The summed E-state index contributed by atoms with van der Waals surface area (Å²) in [5, 5.41) is 2.69. The molecule has 1 atom stereocenters. The first kappa shape index (κ1) is 11.5. The van der Waals surface area contributed by atoms with Gasteiger partial charge in [-0.3, -0.25) is 4.79 Å². The molecule has 1 aromatic rings. The lowest BCUT2D eigenvalue weighted by molar-refractivity contribution is -0.133. The molecule has 1 unspecified atom stereocenters. The molecule has 1 amide bonds. The molecule has 5 nitrogen and oxygen atoms in total. The number of hydrogen-bond donors (Lipinski definition) is 1. The number of ether oxygens (including phenoxy) is 1. The molecule has 1 N–H and O–H groups in total. The third-order valence-corrected chi connectivity index (χ3v) is 2.97. The summed E-state index contributed by atoms with van der Waals surface area (Å²) in [5.41, 5.74) is -0.727. The lowest BCUT2D eigenvalue weighted by Gasteiger charge is -2.21. The average Bonchev–Trinajstić information content (AvgIpc) is 2.70. The van der Waals surface area contributed by atoms with E-state index in [1.165, 1.54) is 12.4 Å². The second-order valence-corrected chi connectivity index (χ2v) is 4.67. The number of anilines is 1. The van der Waals surface area contributed by atoms with Gasteiger partial charge in [0.25, 0.3) is 5.91 Å². The first-order valence-corrected chi connectivity index (χ1v) is 5.82. The number of nitrogens with one attached hydrogen (secondary N) is 1. The Balaban J connectivity index is 2.04. The van der Waals surface area contributed by atoms with E-state index in [1.807, 2.05) is 0 Å². The van der Waals surface area contributed by atoms with E-state index >= 15 is 0 Å². The van der Waals surface area contributed by atoms with Crippen LogP contribution < -0.4 is 5.32 Å². The van der Waals surface area contributed by atoms with Gasteiger partial charge in [-0.25, -0.2) is 9.97 Å². The molecule has 16 heavy (non-hydrogen) atoms. The van der Waals surface area contributed by atoms with E-state index in [1.54, 1.807) is 6.92 Å². The van der Waals surface area contributed by atoms with Gasteiger partial charge >= 0.3 is 0 Å². The highest BCUT2D eigenvalue weighted by Crippen LogP contribution is 2.26. The summed E-state index contributed by atoms with van der Waals surface area (Å²) in [4.78, 5) is 19.9. The number of carbonyl (C=O) groups is 1. The first-order valence-electron chi connectivity index (χ1n) is 5.03. The van der Waals surface area contributed by atoms with Crippen molar-refractivity contribution in [2.24, 2.45) is 0 Å². The van der Waals surface area contributed by atoms with Gasteiger partial charge < -0.3 is 10.1 Å². The van der Waals surface area contributed by atoms with Crippen molar-refractivity contribution in [3.05, 3.63) is 17.0 Å². The molecule has 1 saturated heterocycles. The molecule has 0 bridgehead atoms. The molecule has 1 fully saturated rings. The van der Waals surface area contributed by atoms with E-state index in [9.17, 15) is 4.79 Å². The highest BCUT2D eigenvalue weighted by atomic mass is 79.9. The van der Waals surface area contributed by atoms with Crippen LogP contribution in [0.3, 0.4) is 0 Å². The van der Waals surface area contributed by atoms with Crippen LogP contribution in [0.1, 0.15) is 19.8 Å². The third-order valence-electron chi connectivity index (χ3n) is 2.56. The molecule has 2 heterocycles. The standard InChI is InChI=1S/C10H12BrN3O2/c1-10(3-2-4-16-10)9(15)14-8-6-12-7(11)5-13-8/h5-6H,2-4H2,1H3,(H,13,14,15). The molecule has 0 saturated carbocycles. The summed E-state index contributed by atoms with van der Waals surface area (Å²) >= 11 is 3.18. The number of nitrogens with zero attached hydrogens (tertiary/aromatic N) is 2. The van der Waals surface area contributed by atoms with E-state index in [0.29, 0.717) is 17.0 Å². The molecule has 0 aromatic carbocycles. The van der Waals surface area contributed by atoms with Crippen LogP contribution in [0.5, 0.6) is 0 Å². The summed E-state index contributed by atoms with van der Waals surface area (Å²) in [6.45, 7) is 2.43. The van der Waals surface area contributed by atoms with Crippen LogP contribution in [0.4, 0.5) is 5.82 Å². The van der Waals surface area contributed by atoms with Crippen molar-refractivity contribution in [2.75, 3.05) is 11.9 Å². The summed E-state index contributed by atoms with van der Waals surface area (Å²) in [6.07, 6.45) is 4.69. The molecule has 2 rings (SSSR count). The highest BCUT2D eigenvalue weighted by Gasteiger charge is 2.37. The molecular weight excluding hydrogens is 274 g/mol. The van der Waals surface area contributed by atoms with Crippen molar-refractivity contribution in [1.82, 2.24) is 9.97 Å². The number of aromatic nitrogens is 2. The van der Waals surface area contributed by atoms with Crippen molar-refractivity contribution < 1.29 is 9.53 Å². The van der Waals surface area contributed by atoms with Gasteiger partial charge in [-0.2, -0.15) is 0 Å². The van der Waals surface area contributed by atoms with Crippen LogP contribution >= 0.6 is 15.9 Å². The van der Waals surface area contributed by atoms with Crippen molar-refractivity contribution in [1.29, 1.82) is 0 Å². The molecule has 1 aliphatic rings. The fourth-order valence-corrected chi connectivity index (χ4v) is 1.79. The molecule has 1 aliphatic heterocycles. The van der Waals surface area contributed by atoms with Crippen LogP contribution in [0.15, 0.2) is 17.0 Å². The van der Waals surface area contributed by atoms with E-state index < -0.39 is 5.60 Å². The smallest absolute Gasteiger partial charge is 0.257 e. The lowest BCUT2D eigenvalue weighted by atomic mass is 10.0. The van der Waals surface area contributed by atoms with Gasteiger partial charge in [-0.1, -0.05) is 0 Å². The normalized spacial score (nSPS) is 24.4. The first-order chi connectivity index (χ1) is 7.60. The molecule has 0 radical (unpaired) electrons. The molecule has 6 heteroatoms. The average molecular weight is 286 g/mol. The zero-order chi connectivity index (χ0) is 11.6. The maximum Gasteiger partial charge on any atom is 0.257 e. The fraction of sp³-hybridized carbons (Fsp3) is 0.500. The summed E-state index contributed by atoms with van der Waals surface area (Å²) in [5.74, 6) is 0.270. The summed E-state index contributed by atoms with van der Waals surface area (Å²) in [6, 6.07) is 0. The predicted molar refractivity (Wildman–Crippen MR) is 62.0 cm³/mol. The second-order valence-electron chi connectivity index (χ2n) is 3.86. The van der Waals surface area contributed by atoms with E-state index in [-0.39, 0.29) is 5.91 Å². The summed E-state index contributed by atoms with van der Waals surface area (Å²) in [7, 11) is 0. The summed E-state index contributed by atoms with van der Waals surface area (Å²) < 4.78 is 6.06. The third kappa shape index (κ3) is 2.38.